The minimum Gasteiger partial charge on any atom is -0.612 e. The van der Waals surface area contributed by atoms with Gasteiger partial charge in [0.05, 0.1) is 13.3 Å². The Bertz CT molecular complexity index is 314. The molecule has 0 aliphatic heterocycles. The molecule has 0 spiro atoms. The zero-order chi connectivity index (χ0) is 9.84. The summed E-state index contributed by atoms with van der Waals surface area (Å²) in [4.78, 5) is 15.3. The second-order valence-electron chi connectivity index (χ2n) is 2.32. The SMILES string of the molecule is COC(=O)c1ccncc1[S+](C)[O-]. The van der Waals surface area contributed by atoms with Gasteiger partial charge in [-0.3, -0.25) is 4.98 Å². The summed E-state index contributed by atoms with van der Waals surface area (Å²) in [6.07, 6.45) is 4.36. The maximum absolute atomic E-state index is 11.2. The molecule has 1 heterocycles. The van der Waals surface area contributed by atoms with Crippen LogP contribution in [0.25, 0.3) is 0 Å². The van der Waals surface area contributed by atoms with Crippen LogP contribution in [-0.2, 0) is 15.9 Å². The van der Waals surface area contributed by atoms with Crippen molar-refractivity contribution in [3.05, 3.63) is 24.0 Å². The van der Waals surface area contributed by atoms with E-state index in [0.717, 1.165) is 0 Å². The van der Waals surface area contributed by atoms with Gasteiger partial charge in [0.1, 0.15) is 11.8 Å². The second-order valence-corrected chi connectivity index (χ2v) is 3.67. The molecule has 0 saturated carbocycles. The van der Waals surface area contributed by atoms with E-state index < -0.39 is 17.1 Å². The molecule has 1 unspecified atom stereocenters. The number of pyridine rings is 1. The van der Waals surface area contributed by atoms with Crippen LogP contribution in [0.2, 0.25) is 0 Å². The van der Waals surface area contributed by atoms with E-state index in [4.69, 9.17) is 0 Å². The van der Waals surface area contributed by atoms with Crippen molar-refractivity contribution in [1.82, 2.24) is 4.98 Å². The summed E-state index contributed by atoms with van der Waals surface area (Å²) in [6.45, 7) is 0. The maximum Gasteiger partial charge on any atom is 0.343 e. The zero-order valence-electron chi connectivity index (χ0n) is 7.31. The predicted molar refractivity (Wildman–Crippen MR) is 47.9 cm³/mol. The predicted octanol–water partition coefficient (Wildman–Crippen LogP) is 0.606. The Kier molecular flexibility index (Phi) is 3.27. The Labute approximate surface area is 79.1 Å². The summed E-state index contributed by atoms with van der Waals surface area (Å²) in [7, 11) is 1.28. The van der Waals surface area contributed by atoms with Crippen molar-refractivity contribution in [2.75, 3.05) is 13.4 Å². The second kappa shape index (κ2) is 4.25. The quantitative estimate of drug-likeness (QED) is 0.517. The lowest BCUT2D eigenvalue weighted by molar-refractivity contribution is 0.0596. The Morgan fingerprint density at radius 3 is 2.92 bits per heavy atom. The van der Waals surface area contributed by atoms with E-state index in [1.54, 1.807) is 0 Å². The first-order valence-corrected chi connectivity index (χ1v) is 5.08. The topological polar surface area (TPSA) is 62.2 Å². The van der Waals surface area contributed by atoms with E-state index in [9.17, 15) is 9.35 Å². The lowest BCUT2D eigenvalue weighted by Gasteiger charge is -2.07. The van der Waals surface area contributed by atoms with Crippen LogP contribution in [0.5, 0.6) is 0 Å². The molecule has 0 bridgehead atoms. The third-order valence-electron chi connectivity index (χ3n) is 1.50. The number of hydrogen-bond donors (Lipinski definition) is 0. The molecule has 4 nitrogen and oxygen atoms in total. The smallest absolute Gasteiger partial charge is 0.343 e. The van der Waals surface area contributed by atoms with Crippen LogP contribution in [0.15, 0.2) is 23.4 Å². The highest BCUT2D eigenvalue weighted by molar-refractivity contribution is 7.90. The highest BCUT2D eigenvalue weighted by atomic mass is 32.2. The fraction of sp³-hybridized carbons (Fsp3) is 0.250. The molecule has 0 aliphatic carbocycles. The van der Waals surface area contributed by atoms with Gasteiger partial charge in [0.15, 0.2) is 4.90 Å². The summed E-state index contributed by atoms with van der Waals surface area (Å²) < 4.78 is 15.7. The first-order valence-electron chi connectivity index (χ1n) is 3.52. The van der Waals surface area contributed by atoms with Gasteiger partial charge in [0, 0.05) is 6.20 Å². The highest BCUT2D eigenvalue weighted by Gasteiger charge is 2.18. The van der Waals surface area contributed by atoms with Crippen molar-refractivity contribution in [2.24, 2.45) is 0 Å². The molecule has 0 aliphatic rings. The average Bonchev–Trinajstić information content (AvgIpc) is 2.16. The molecular weight excluding hydrogens is 190 g/mol. The summed E-state index contributed by atoms with van der Waals surface area (Å²) in [5, 5.41) is 0. The molecule has 1 rings (SSSR count). The number of hydrogen-bond acceptors (Lipinski definition) is 4. The van der Waals surface area contributed by atoms with E-state index in [0.29, 0.717) is 10.5 Å². The highest BCUT2D eigenvalue weighted by Crippen LogP contribution is 2.14. The molecule has 0 N–H and O–H groups in total. The molecule has 70 valence electrons. The van der Waals surface area contributed by atoms with E-state index in [1.165, 1.54) is 31.8 Å². The number of carbonyl (C=O) groups is 1. The molecule has 1 aromatic heterocycles. The van der Waals surface area contributed by atoms with Gasteiger partial charge < -0.3 is 9.29 Å². The molecule has 0 fully saturated rings. The molecule has 1 aromatic rings. The van der Waals surface area contributed by atoms with Gasteiger partial charge in [-0.05, 0) is 17.2 Å². The normalized spacial score (nSPS) is 12.2. The summed E-state index contributed by atoms with van der Waals surface area (Å²) >= 11 is -1.23. The van der Waals surface area contributed by atoms with Crippen molar-refractivity contribution in [3.63, 3.8) is 0 Å². The molecular formula is C8H9NO3S. The minimum absolute atomic E-state index is 0.304. The van der Waals surface area contributed by atoms with Crippen LogP contribution in [0.4, 0.5) is 0 Å². The molecule has 1 atom stereocenters. The van der Waals surface area contributed by atoms with E-state index >= 15 is 0 Å². The molecule has 5 heteroatoms. The van der Waals surface area contributed by atoms with Crippen molar-refractivity contribution < 1.29 is 14.1 Å². The van der Waals surface area contributed by atoms with Gasteiger partial charge in [-0.15, -0.1) is 0 Å². The maximum atomic E-state index is 11.2. The first-order chi connectivity index (χ1) is 6.16. The Hall–Kier alpha value is -1.07. The van der Waals surface area contributed by atoms with Gasteiger partial charge in [0.25, 0.3) is 0 Å². The number of rotatable bonds is 2. The van der Waals surface area contributed by atoms with Gasteiger partial charge in [-0.1, -0.05) is 0 Å². The third-order valence-corrected chi connectivity index (χ3v) is 2.44. The number of nitrogens with zero attached hydrogens (tertiary/aromatic N) is 1. The minimum atomic E-state index is -1.23. The standard InChI is InChI=1S/C8H9NO3S/c1-12-8(10)6-3-4-9-5-7(6)13(2)11/h3-5H,1-2H3. The summed E-state index contributed by atoms with van der Waals surface area (Å²) in [5.41, 5.74) is 0.304. The molecule has 0 aromatic carbocycles. The van der Waals surface area contributed by atoms with Crippen LogP contribution in [-0.4, -0.2) is 28.9 Å². The van der Waals surface area contributed by atoms with E-state index in [1.807, 2.05) is 0 Å². The van der Waals surface area contributed by atoms with Crippen molar-refractivity contribution in [2.45, 2.75) is 4.90 Å². The van der Waals surface area contributed by atoms with Gasteiger partial charge in [-0.2, -0.15) is 0 Å². The van der Waals surface area contributed by atoms with Crippen molar-refractivity contribution in [3.8, 4) is 0 Å². The Morgan fingerprint density at radius 2 is 2.38 bits per heavy atom. The van der Waals surface area contributed by atoms with Crippen molar-refractivity contribution in [1.29, 1.82) is 0 Å². The van der Waals surface area contributed by atoms with E-state index in [2.05, 4.69) is 9.72 Å². The number of carbonyl (C=O) groups excluding carboxylic acids is 1. The Balaban J connectivity index is 3.12. The molecule has 0 amide bonds. The average molecular weight is 199 g/mol. The fourth-order valence-corrected chi connectivity index (χ4v) is 1.56. The first kappa shape index (κ1) is 10.0. The monoisotopic (exact) mass is 199 g/mol. The van der Waals surface area contributed by atoms with Gasteiger partial charge in [0.2, 0.25) is 0 Å². The van der Waals surface area contributed by atoms with Gasteiger partial charge in [-0.25, -0.2) is 4.79 Å². The van der Waals surface area contributed by atoms with E-state index in [-0.39, 0.29) is 0 Å². The number of ether oxygens (including phenoxy) is 1. The largest absolute Gasteiger partial charge is 0.612 e. The molecule has 0 saturated heterocycles. The number of esters is 1. The van der Waals surface area contributed by atoms with Crippen LogP contribution in [0, 0.1) is 0 Å². The molecule has 0 radical (unpaired) electrons. The molecule has 13 heavy (non-hydrogen) atoms. The number of methoxy groups -OCH3 is 1. The number of aromatic nitrogens is 1. The van der Waals surface area contributed by atoms with Crippen LogP contribution in [0.1, 0.15) is 10.4 Å². The summed E-state index contributed by atoms with van der Waals surface area (Å²) in [6, 6.07) is 1.49. The van der Waals surface area contributed by atoms with Gasteiger partial charge >= 0.3 is 5.97 Å². The lowest BCUT2D eigenvalue weighted by atomic mass is 10.3. The van der Waals surface area contributed by atoms with Crippen LogP contribution >= 0.6 is 0 Å². The van der Waals surface area contributed by atoms with Crippen LogP contribution in [0.3, 0.4) is 0 Å². The Morgan fingerprint density at radius 1 is 1.69 bits per heavy atom. The van der Waals surface area contributed by atoms with Crippen LogP contribution < -0.4 is 0 Å². The summed E-state index contributed by atoms with van der Waals surface area (Å²) in [5.74, 6) is -0.493. The third kappa shape index (κ3) is 2.19. The lowest BCUT2D eigenvalue weighted by Crippen LogP contribution is -2.09. The zero-order valence-corrected chi connectivity index (χ0v) is 8.13. The van der Waals surface area contributed by atoms with Crippen molar-refractivity contribution >= 4 is 17.1 Å². The fourth-order valence-electron chi connectivity index (χ4n) is 0.888.